The van der Waals surface area contributed by atoms with Crippen molar-refractivity contribution in [3.63, 3.8) is 0 Å². The third kappa shape index (κ3) is 5.77. The van der Waals surface area contributed by atoms with Gasteiger partial charge < -0.3 is 9.80 Å². The fourth-order valence-corrected chi connectivity index (χ4v) is 5.79. The molecule has 2 aliphatic rings. The van der Waals surface area contributed by atoms with Crippen LogP contribution < -0.4 is 0 Å². The van der Waals surface area contributed by atoms with Crippen LogP contribution in [0.15, 0.2) is 53.4 Å². The molecule has 172 valence electrons. The summed E-state index contributed by atoms with van der Waals surface area (Å²) in [7, 11) is -3.41. The Hall–Kier alpha value is -2.22. The Bertz CT molecular complexity index is 1010. The van der Waals surface area contributed by atoms with Crippen LogP contribution in [0.1, 0.15) is 34.3 Å². The van der Waals surface area contributed by atoms with E-state index in [9.17, 15) is 13.2 Å². The molecule has 0 saturated carbocycles. The normalized spacial score (nSPS) is 18.2. The summed E-state index contributed by atoms with van der Waals surface area (Å²) in [6.07, 6.45) is 2.64. The summed E-state index contributed by atoms with van der Waals surface area (Å²) < 4.78 is 25.3. The molecule has 6 nitrogen and oxygen atoms in total. The van der Waals surface area contributed by atoms with Gasteiger partial charge in [0.2, 0.25) is 0 Å². The number of piperazine rings is 1. The first-order valence-corrected chi connectivity index (χ1v) is 13.2. The van der Waals surface area contributed by atoms with Gasteiger partial charge in [-0.3, -0.25) is 9.69 Å². The Morgan fingerprint density at radius 3 is 1.94 bits per heavy atom. The van der Waals surface area contributed by atoms with Crippen LogP contribution >= 0.6 is 0 Å². The van der Waals surface area contributed by atoms with E-state index in [2.05, 4.69) is 9.80 Å². The molecular weight excluding hydrogens is 422 g/mol. The molecule has 0 radical (unpaired) electrons. The third-order valence-corrected chi connectivity index (χ3v) is 8.23. The second kappa shape index (κ2) is 10.1. The van der Waals surface area contributed by atoms with Gasteiger partial charge in [-0.2, -0.15) is 0 Å². The minimum absolute atomic E-state index is 0.0251. The lowest BCUT2D eigenvalue weighted by molar-refractivity contribution is 0.0626. The van der Waals surface area contributed by atoms with E-state index in [1.807, 2.05) is 11.8 Å². The van der Waals surface area contributed by atoms with Crippen molar-refractivity contribution in [2.24, 2.45) is 0 Å². The Kier molecular flexibility index (Phi) is 7.28. The summed E-state index contributed by atoms with van der Waals surface area (Å²) in [6.45, 7) is 9.87. The van der Waals surface area contributed by atoms with E-state index in [0.717, 1.165) is 44.8 Å². The highest BCUT2D eigenvalue weighted by Crippen LogP contribution is 2.18. The lowest BCUT2D eigenvalue weighted by Gasteiger charge is -2.35. The van der Waals surface area contributed by atoms with Crippen molar-refractivity contribution in [2.75, 3.05) is 52.4 Å². The third-order valence-electron chi connectivity index (χ3n) is 6.53. The first-order chi connectivity index (χ1) is 15.4. The highest BCUT2D eigenvalue weighted by Gasteiger charge is 2.23. The lowest BCUT2D eigenvalue weighted by Crippen LogP contribution is -2.50. The number of aryl methyl sites for hydroxylation is 1. The molecule has 0 spiro atoms. The van der Waals surface area contributed by atoms with Gasteiger partial charge in [0.05, 0.1) is 10.6 Å². The van der Waals surface area contributed by atoms with E-state index in [4.69, 9.17) is 0 Å². The molecule has 2 fully saturated rings. The summed E-state index contributed by atoms with van der Waals surface area (Å²) in [6, 6.07) is 13.9. The Morgan fingerprint density at radius 1 is 0.781 bits per heavy atom. The molecule has 2 aromatic carbocycles. The van der Waals surface area contributed by atoms with Gasteiger partial charge in [0, 0.05) is 44.8 Å². The van der Waals surface area contributed by atoms with Crippen LogP contribution in [0, 0.1) is 6.92 Å². The van der Waals surface area contributed by atoms with Crippen LogP contribution in [-0.2, 0) is 15.6 Å². The molecular formula is C25H33N3O3S. The first-order valence-electron chi connectivity index (χ1n) is 11.5. The van der Waals surface area contributed by atoms with Crippen LogP contribution in [0.5, 0.6) is 0 Å². The van der Waals surface area contributed by atoms with Gasteiger partial charge in [0.15, 0.2) is 9.84 Å². The maximum Gasteiger partial charge on any atom is 0.253 e. The summed E-state index contributed by atoms with van der Waals surface area (Å²) in [4.78, 5) is 20.1. The SMILES string of the molecule is Cc1ccc(S(=O)(=O)Cc2ccc(C(=O)N3CCN(CCN4CCCC4)CC3)cc2)cc1. The molecule has 0 aliphatic carbocycles. The number of sulfone groups is 1. The highest BCUT2D eigenvalue weighted by atomic mass is 32.2. The van der Waals surface area contributed by atoms with E-state index in [0.29, 0.717) is 16.0 Å². The highest BCUT2D eigenvalue weighted by molar-refractivity contribution is 7.90. The summed E-state index contributed by atoms with van der Waals surface area (Å²) in [5, 5.41) is 0. The van der Waals surface area contributed by atoms with Crippen molar-refractivity contribution in [1.29, 1.82) is 0 Å². The number of carbonyl (C=O) groups excluding carboxylic acids is 1. The second-order valence-electron chi connectivity index (χ2n) is 8.95. The van der Waals surface area contributed by atoms with Gasteiger partial charge in [-0.25, -0.2) is 8.42 Å². The molecule has 2 aliphatic heterocycles. The van der Waals surface area contributed by atoms with Crippen LogP contribution in [0.2, 0.25) is 0 Å². The molecule has 0 unspecified atom stereocenters. The standard InChI is InChI=1S/C25H33N3O3S/c1-21-4-10-24(11-5-21)32(30,31)20-22-6-8-23(9-7-22)25(29)28-18-16-27(17-19-28)15-14-26-12-2-3-13-26/h4-11H,2-3,12-20H2,1H3. The molecule has 32 heavy (non-hydrogen) atoms. The van der Waals surface area contributed by atoms with Crippen molar-refractivity contribution in [3.05, 3.63) is 65.2 Å². The molecule has 2 aromatic rings. The number of carbonyl (C=O) groups is 1. The predicted molar refractivity (Wildman–Crippen MR) is 127 cm³/mol. The fraction of sp³-hybridized carbons (Fsp3) is 0.480. The average molecular weight is 456 g/mol. The number of amides is 1. The van der Waals surface area contributed by atoms with Crippen LogP contribution in [-0.4, -0.2) is 81.4 Å². The average Bonchev–Trinajstić information content (AvgIpc) is 3.32. The van der Waals surface area contributed by atoms with Gasteiger partial charge in [-0.1, -0.05) is 29.8 Å². The van der Waals surface area contributed by atoms with Crippen LogP contribution in [0.4, 0.5) is 0 Å². The van der Waals surface area contributed by atoms with Gasteiger partial charge >= 0.3 is 0 Å². The molecule has 0 N–H and O–H groups in total. The lowest BCUT2D eigenvalue weighted by atomic mass is 10.1. The molecule has 1 amide bonds. The Labute approximate surface area is 191 Å². The van der Waals surface area contributed by atoms with Crippen molar-refractivity contribution in [1.82, 2.24) is 14.7 Å². The maximum atomic E-state index is 12.9. The van der Waals surface area contributed by atoms with Gasteiger partial charge in [-0.05, 0) is 62.7 Å². The topological polar surface area (TPSA) is 60.9 Å². The van der Waals surface area contributed by atoms with Crippen molar-refractivity contribution < 1.29 is 13.2 Å². The zero-order chi connectivity index (χ0) is 22.6. The summed E-state index contributed by atoms with van der Waals surface area (Å²) in [5.74, 6) is -0.0441. The largest absolute Gasteiger partial charge is 0.336 e. The molecule has 4 rings (SSSR count). The number of hydrogen-bond acceptors (Lipinski definition) is 5. The number of nitrogens with zero attached hydrogens (tertiary/aromatic N) is 3. The minimum atomic E-state index is -3.41. The predicted octanol–water partition coefficient (Wildman–Crippen LogP) is 2.82. The monoisotopic (exact) mass is 455 g/mol. The van der Waals surface area contributed by atoms with E-state index >= 15 is 0 Å². The zero-order valence-electron chi connectivity index (χ0n) is 18.9. The Morgan fingerprint density at radius 2 is 1.34 bits per heavy atom. The number of rotatable bonds is 7. The summed E-state index contributed by atoms with van der Waals surface area (Å²) in [5.41, 5.74) is 2.33. The summed E-state index contributed by atoms with van der Waals surface area (Å²) >= 11 is 0. The number of hydrogen-bond donors (Lipinski definition) is 0. The van der Waals surface area contributed by atoms with E-state index in [1.165, 1.54) is 25.9 Å². The molecule has 2 saturated heterocycles. The van der Waals surface area contributed by atoms with Gasteiger partial charge in [0.1, 0.15) is 0 Å². The number of likely N-dealkylation sites (tertiary alicyclic amines) is 1. The zero-order valence-corrected chi connectivity index (χ0v) is 19.7. The van der Waals surface area contributed by atoms with Crippen LogP contribution in [0.3, 0.4) is 0 Å². The van der Waals surface area contributed by atoms with Gasteiger partial charge in [0.25, 0.3) is 5.91 Å². The molecule has 0 aromatic heterocycles. The minimum Gasteiger partial charge on any atom is -0.336 e. The first kappa shape index (κ1) is 23.0. The quantitative estimate of drug-likeness (QED) is 0.643. The Balaban J connectivity index is 1.29. The fourth-order valence-electron chi connectivity index (χ4n) is 4.44. The molecule has 0 bridgehead atoms. The number of benzene rings is 2. The van der Waals surface area contributed by atoms with Crippen molar-refractivity contribution in [3.8, 4) is 0 Å². The molecule has 2 heterocycles. The van der Waals surface area contributed by atoms with E-state index in [-0.39, 0.29) is 11.7 Å². The van der Waals surface area contributed by atoms with Crippen LogP contribution in [0.25, 0.3) is 0 Å². The second-order valence-corrected chi connectivity index (χ2v) is 10.9. The maximum absolute atomic E-state index is 12.9. The van der Waals surface area contributed by atoms with Gasteiger partial charge in [-0.15, -0.1) is 0 Å². The molecule has 7 heteroatoms. The smallest absolute Gasteiger partial charge is 0.253 e. The van der Waals surface area contributed by atoms with Crippen molar-refractivity contribution in [2.45, 2.75) is 30.4 Å². The van der Waals surface area contributed by atoms with E-state index in [1.54, 1.807) is 48.5 Å². The van der Waals surface area contributed by atoms with Crippen molar-refractivity contribution >= 4 is 15.7 Å². The van der Waals surface area contributed by atoms with E-state index < -0.39 is 9.84 Å². The molecule has 0 atom stereocenters.